The van der Waals surface area contributed by atoms with Gasteiger partial charge in [0.1, 0.15) is 0 Å². The lowest BCUT2D eigenvalue weighted by Gasteiger charge is -2.19. The van der Waals surface area contributed by atoms with E-state index in [1.54, 1.807) is 0 Å². The van der Waals surface area contributed by atoms with Gasteiger partial charge in [-0.3, -0.25) is 5.32 Å². The highest BCUT2D eigenvalue weighted by Gasteiger charge is 2.26. The monoisotopic (exact) mass is 342 g/mol. The molecule has 6 heteroatoms. The van der Waals surface area contributed by atoms with Crippen molar-refractivity contribution in [1.29, 1.82) is 0 Å². The summed E-state index contributed by atoms with van der Waals surface area (Å²) in [5.74, 6) is 0.628. The van der Waals surface area contributed by atoms with E-state index >= 15 is 0 Å². The van der Waals surface area contributed by atoms with Crippen molar-refractivity contribution in [3.8, 4) is 0 Å². The van der Waals surface area contributed by atoms with Crippen molar-refractivity contribution in [3.63, 3.8) is 0 Å². The van der Waals surface area contributed by atoms with Gasteiger partial charge in [0, 0.05) is 36.6 Å². The summed E-state index contributed by atoms with van der Waals surface area (Å²) in [4.78, 5) is 18.8. The third-order valence-corrected chi connectivity index (χ3v) is 5.39. The van der Waals surface area contributed by atoms with E-state index in [1.807, 2.05) is 0 Å². The third kappa shape index (κ3) is 3.53. The van der Waals surface area contributed by atoms with E-state index in [0.717, 1.165) is 31.6 Å². The van der Waals surface area contributed by atoms with E-state index in [9.17, 15) is 4.79 Å². The molecule has 0 radical (unpaired) electrons. The van der Waals surface area contributed by atoms with E-state index in [2.05, 4.69) is 50.2 Å². The van der Waals surface area contributed by atoms with Crippen molar-refractivity contribution in [3.05, 3.63) is 40.9 Å². The number of thiazole rings is 1. The zero-order chi connectivity index (χ0) is 16.4. The molecular formula is C18H22N4OS. The molecule has 4 rings (SSSR count). The van der Waals surface area contributed by atoms with Crippen molar-refractivity contribution in [2.75, 3.05) is 29.9 Å². The van der Waals surface area contributed by atoms with E-state index < -0.39 is 0 Å². The smallest absolute Gasteiger partial charge is 0.321 e. The normalized spacial score (nSPS) is 16.1. The second-order valence-corrected chi connectivity index (χ2v) is 7.31. The fourth-order valence-corrected chi connectivity index (χ4v) is 3.95. The van der Waals surface area contributed by atoms with Crippen molar-refractivity contribution in [2.45, 2.75) is 31.6 Å². The summed E-state index contributed by atoms with van der Waals surface area (Å²) in [6, 6.07) is 8.41. The number of hydrogen-bond acceptors (Lipinski definition) is 4. The number of nitrogens with zero attached hydrogens (tertiary/aromatic N) is 2. The standard InChI is InChI=1S/C18H22N4OS/c23-17(21-18-20-15(12-24-18)13-6-7-13)19-9-3-10-22-11-8-14-4-1-2-5-16(14)22/h1-2,4-5,12-13H,3,6-11H2,(H2,19,20,21,23). The van der Waals surface area contributed by atoms with Gasteiger partial charge in [-0.15, -0.1) is 11.3 Å². The van der Waals surface area contributed by atoms with Crippen LogP contribution in [0, 0.1) is 0 Å². The van der Waals surface area contributed by atoms with Crippen LogP contribution in [-0.4, -0.2) is 30.6 Å². The number of benzene rings is 1. The Bertz CT molecular complexity index is 725. The number of nitrogens with one attached hydrogen (secondary N) is 2. The van der Waals surface area contributed by atoms with Crippen LogP contribution in [0.2, 0.25) is 0 Å². The van der Waals surface area contributed by atoms with Crippen LogP contribution >= 0.6 is 11.3 Å². The number of rotatable bonds is 6. The number of amides is 2. The van der Waals surface area contributed by atoms with Crippen molar-refractivity contribution < 1.29 is 4.79 Å². The minimum atomic E-state index is -0.159. The van der Waals surface area contributed by atoms with Crippen molar-refractivity contribution >= 4 is 28.2 Å². The summed E-state index contributed by atoms with van der Waals surface area (Å²) in [7, 11) is 0. The Morgan fingerprint density at radius 2 is 2.21 bits per heavy atom. The Hall–Kier alpha value is -2.08. The molecule has 1 aromatic carbocycles. The molecule has 2 heterocycles. The Balaban J connectivity index is 1.18. The molecule has 0 saturated heterocycles. The maximum absolute atomic E-state index is 11.9. The zero-order valence-corrected chi connectivity index (χ0v) is 14.4. The summed E-state index contributed by atoms with van der Waals surface area (Å²) in [6.07, 6.45) is 4.52. The Labute approximate surface area is 146 Å². The van der Waals surface area contributed by atoms with Crippen LogP contribution in [-0.2, 0) is 6.42 Å². The number of fused-ring (bicyclic) bond motifs is 1. The van der Waals surface area contributed by atoms with Crippen LogP contribution < -0.4 is 15.5 Å². The van der Waals surface area contributed by atoms with Gasteiger partial charge < -0.3 is 10.2 Å². The van der Waals surface area contributed by atoms with Gasteiger partial charge in [0.2, 0.25) is 0 Å². The van der Waals surface area contributed by atoms with Crippen LogP contribution in [0.1, 0.15) is 36.4 Å². The van der Waals surface area contributed by atoms with E-state index in [1.165, 1.54) is 35.4 Å². The minimum absolute atomic E-state index is 0.159. The first-order valence-electron chi connectivity index (χ1n) is 8.63. The maximum Gasteiger partial charge on any atom is 0.321 e. The molecule has 0 bridgehead atoms. The quantitative estimate of drug-likeness (QED) is 0.789. The molecule has 1 fully saturated rings. The van der Waals surface area contributed by atoms with Gasteiger partial charge in [-0.25, -0.2) is 9.78 Å². The molecule has 24 heavy (non-hydrogen) atoms. The van der Waals surface area contributed by atoms with Crippen LogP contribution in [0.25, 0.3) is 0 Å². The molecule has 0 atom stereocenters. The molecule has 0 spiro atoms. The van der Waals surface area contributed by atoms with Gasteiger partial charge in [-0.1, -0.05) is 18.2 Å². The van der Waals surface area contributed by atoms with E-state index in [4.69, 9.17) is 0 Å². The minimum Gasteiger partial charge on any atom is -0.371 e. The maximum atomic E-state index is 11.9. The number of carbonyl (C=O) groups is 1. The SMILES string of the molecule is O=C(NCCCN1CCc2ccccc21)Nc1nc(C2CC2)cs1. The average Bonchev–Trinajstić information content (AvgIpc) is 3.21. The second kappa shape index (κ2) is 6.81. The number of anilines is 2. The van der Waals surface area contributed by atoms with Gasteiger partial charge in [-0.2, -0.15) is 0 Å². The lowest BCUT2D eigenvalue weighted by atomic mass is 10.2. The number of para-hydroxylation sites is 1. The molecular weight excluding hydrogens is 320 g/mol. The van der Waals surface area contributed by atoms with Crippen molar-refractivity contribution in [1.82, 2.24) is 10.3 Å². The van der Waals surface area contributed by atoms with Gasteiger partial charge in [0.05, 0.1) is 5.69 Å². The number of urea groups is 1. The average molecular weight is 342 g/mol. The van der Waals surface area contributed by atoms with Crippen LogP contribution in [0.5, 0.6) is 0 Å². The second-order valence-electron chi connectivity index (χ2n) is 6.45. The number of hydrogen-bond donors (Lipinski definition) is 2. The summed E-state index contributed by atoms with van der Waals surface area (Å²) in [5, 5.41) is 8.51. The number of aromatic nitrogens is 1. The molecule has 1 aliphatic heterocycles. The highest BCUT2D eigenvalue weighted by molar-refractivity contribution is 7.13. The topological polar surface area (TPSA) is 57.3 Å². The molecule has 5 nitrogen and oxygen atoms in total. The molecule has 1 saturated carbocycles. The number of carbonyl (C=O) groups excluding carboxylic acids is 1. The third-order valence-electron chi connectivity index (χ3n) is 4.61. The summed E-state index contributed by atoms with van der Waals surface area (Å²) in [6.45, 7) is 2.72. The van der Waals surface area contributed by atoms with Crippen LogP contribution in [0.4, 0.5) is 15.6 Å². The first kappa shape index (κ1) is 15.4. The van der Waals surface area contributed by atoms with Crippen molar-refractivity contribution in [2.24, 2.45) is 0 Å². The molecule has 2 aliphatic rings. The molecule has 2 aromatic rings. The van der Waals surface area contributed by atoms with Gasteiger partial charge in [0.25, 0.3) is 0 Å². The molecule has 126 valence electrons. The highest BCUT2D eigenvalue weighted by atomic mass is 32.1. The predicted octanol–water partition coefficient (Wildman–Crippen LogP) is 3.59. The summed E-state index contributed by atoms with van der Waals surface area (Å²) >= 11 is 1.51. The van der Waals surface area contributed by atoms with Gasteiger partial charge in [0.15, 0.2) is 5.13 Å². The largest absolute Gasteiger partial charge is 0.371 e. The van der Waals surface area contributed by atoms with Gasteiger partial charge >= 0.3 is 6.03 Å². The molecule has 0 unspecified atom stereocenters. The molecule has 1 aromatic heterocycles. The summed E-state index contributed by atoms with van der Waals surface area (Å²) in [5.41, 5.74) is 3.90. The Morgan fingerprint density at radius 3 is 3.08 bits per heavy atom. The first-order valence-corrected chi connectivity index (χ1v) is 9.51. The van der Waals surface area contributed by atoms with Crippen LogP contribution in [0.15, 0.2) is 29.6 Å². The fraction of sp³-hybridized carbons (Fsp3) is 0.444. The lowest BCUT2D eigenvalue weighted by molar-refractivity contribution is 0.252. The fourth-order valence-electron chi connectivity index (χ4n) is 3.16. The van der Waals surface area contributed by atoms with E-state index in [0.29, 0.717) is 17.6 Å². The predicted molar refractivity (Wildman–Crippen MR) is 98.1 cm³/mol. The van der Waals surface area contributed by atoms with Gasteiger partial charge in [-0.05, 0) is 37.3 Å². The zero-order valence-electron chi connectivity index (χ0n) is 13.6. The molecule has 2 amide bonds. The van der Waals surface area contributed by atoms with Crippen LogP contribution in [0.3, 0.4) is 0 Å². The Kier molecular flexibility index (Phi) is 4.38. The Morgan fingerprint density at radius 1 is 1.33 bits per heavy atom. The molecule has 1 aliphatic carbocycles. The lowest BCUT2D eigenvalue weighted by Crippen LogP contribution is -2.32. The first-order chi connectivity index (χ1) is 11.8. The highest BCUT2D eigenvalue weighted by Crippen LogP contribution is 2.40. The molecule has 2 N–H and O–H groups in total. The summed E-state index contributed by atoms with van der Waals surface area (Å²) < 4.78 is 0. The van der Waals surface area contributed by atoms with E-state index in [-0.39, 0.29) is 6.03 Å².